The number of benzene rings is 1. The summed E-state index contributed by atoms with van der Waals surface area (Å²) in [5, 5.41) is 7.81. The summed E-state index contributed by atoms with van der Waals surface area (Å²) in [6, 6.07) is 10.7. The number of hydrogen-bond acceptors (Lipinski definition) is 5. The van der Waals surface area contributed by atoms with Crippen LogP contribution in [0.3, 0.4) is 0 Å². The lowest BCUT2D eigenvalue weighted by Gasteiger charge is -2.31. The largest absolute Gasteiger partial charge is 0.338 e. The van der Waals surface area contributed by atoms with Crippen molar-refractivity contribution in [3.05, 3.63) is 36.2 Å². The number of aromatic nitrogens is 2. The molecule has 1 N–H and O–H groups in total. The van der Waals surface area contributed by atoms with Gasteiger partial charge in [-0.15, -0.1) is 0 Å². The van der Waals surface area contributed by atoms with Crippen molar-refractivity contribution in [2.75, 3.05) is 19.6 Å². The molecule has 23 heavy (non-hydrogen) atoms. The van der Waals surface area contributed by atoms with Crippen LogP contribution in [0.15, 0.2) is 34.9 Å². The molecule has 0 bridgehead atoms. The SMILES string of the molecule is c1ccc(-c2noc(CN3CCC(NCC4CC4)CC3)n2)cc1. The zero-order valence-electron chi connectivity index (χ0n) is 13.4. The molecule has 2 aliphatic rings. The van der Waals surface area contributed by atoms with Gasteiger partial charge in [-0.05, 0) is 38.1 Å². The summed E-state index contributed by atoms with van der Waals surface area (Å²) in [6.45, 7) is 4.18. The highest BCUT2D eigenvalue weighted by molar-refractivity contribution is 5.53. The third kappa shape index (κ3) is 3.98. The molecule has 0 atom stereocenters. The van der Waals surface area contributed by atoms with Crippen LogP contribution in [-0.2, 0) is 6.54 Å². The summed E-state index contributed by atoms with van der Waals surface area (Å²) in [4.78, 5) is 6.94. The molecule has 0 spiro atoms. The second-order valence-electron chi connectivity index (χ2n) is 6.78. The molecular weight excluding hydrogens is 288 g/mol. The van der Waals surface area contributed by atoms with E-state index in [1.807, 2.05) is 30.3 Å². The number of likely N-dealkylation sites (tertiary alicyclic amines) is 1. The van der Waals surface area contributed by atoms with Gasteiger partial charge >= 0.3 is 0 Å². The standard InChI is InChI=1S/C18H24N4O/c1-2-4-15(5-3-1)18-20-17(23-21-18)13-22-10-8-16(9-11-22)19-12-14-6-7-14/h1-5,14,16,19H,6-13H2. The number of nitrogens with one attached hydrogen (secondary N) is 1. The first-order chi connectivity index (χ1) is 11.4. The van der Waals surface area contributed by atoms with Gasteiger partial charge in [0.25, 0.3) is 0 Å². The predicted molar refractivity (Wildman–Crippen MR) is 88.8 cm³/mol. The summed E-state index contributed by atoms with van der Waals surface area (Å²) >= 11 is 0. The molecule has 0 radical (unpaired) electrons. The Morgan fingerprint density at radius 3 is 2.61 bits per heavy atom. The molecule has 5 nitrogen and oxygen atoms in total. The zero-order valence-corrected chi connectivity index (χ0v) is 13.4. The predicted octanol–water partition coefficient (Wildman–Crippen LogP) is 2.70. The second-order valence-corrected chi connectivity index (χ2v) is 6.78. The second kappa shape index (κ2) is 6.81. The van der Waals surface area contributed by atoms with Crippen LogP contribution in [0.1, 0.15) is 31.6 Å². The van der Waals surface area contributed by atoms with Crippen molar-refractivity contribution in [1.29, 1.82) is 0 Å². The summed E-state index contributed by atoms with van der Waals surface area (Å²) in [5.41, 5.74) is 1.01. The maximum atomic E-state index is 5.42. The molecule has 2 fully saturated rings. The molecule has 1 saturated heterocycles. The van der Waals surface area contributed by atoms with E-state index >= 15 is 0 Å². The van der Waals surface area contributed by atoms with E-state index in [9.17, 15) is 0 Å². The first kappa shape index (κ1) is 14.8. The molecule has 1 aromatic carbocycles. The van der Waals surface area contributed by atoms with Crippen LogP contribution in [0.5, 0.6) is 0 Å². The van der Waals surface area contributed by atoms with Gasteiger partial charge in [0.05, 0.1) is 6.54 Å². The molecule has 2 heterocycles. The summed E-state index contributed by atoms with van der Waals surface area (Å²) in [7, 11) is 0. The molecule has 2 aromatic rings. The van der Waals surface area contributed by atoms with Crippen LogP contribution in [-0.4, -0.2) is 40.7 Å². The Morgan fingerprint density at radius 1 is 1.09 bits per heavy atom. The smallest absolute Gasteiger partial charge is 0.241 e. The third-order valence-electron chi connectivity index (χ3n) is 4.84. The minimum absolute atomic E-state index is 0.682. The maximum absolute atomic E-state index is 5.42. The van der Waals surface area contributed by atoms with E-state index in [0.717, 1.165) is 31.1 Å². The van der Waals surface area contributed by atoms with Crippen molar-refractivity contribution < 1.29 is 4.52 Å². The summed E-state index contributed by atoms with van der Waals surface area (Å²) < 4.78 is 5.42. The van der Waals surface area contributed by atoms with Crippen LogP contribution in [0.25, 0.3) is 11.4 Å². The van der Waals surface area contributed by atoms with Gasteiger partial charge in [0.15, 0.2) is 0 Å². The molecule has 4 rings (SSSR count). The van der Waals surface area contributed by atoms with E-state index in [-0.39, 0.29) is 0 Å². The van der Waals surface area contributed by atoms with E-state index in [1.165, 1.54) is 32.2 Å². The van der Waals surface area contributed by atoms with Crippen molar-refractivity contribution >= 4 is 0 Å². The fourth-order valence-corrected chi connectivity index (χ4v) is 3.17. The average molecular weight is 312 g/mol. The van der Waals surface area contributed by atoms with Gasteiger partial charge in [-0.2, -0.15) is 4.98 Å². The molecular formula is C18H24N4O. The molecule has 0 amide bonds. The Kier molecular flexibility index (Phi) is 4.39. The van der Waals surface area contributed by atoms with Gasteiger partial charge in [-0.1, -0.05) is 35.5 Å². The van der Waals surface area contributed by atoms with E-state index in [0.29, 0.717) is 17.8 Å². The zero-order chi connectivity index (χ0) is 15.5. The molecule has 1 aliphatic heterocycles. The summed E-state index contributed by atoms with van der Waals surface area (Å²) in [5.74, 6) is 2.36. The fraction of sp³-hybridized carbons (Fsp3) is 0.556. The van der Waals surface area contributed by atoms with Crippen molar-refractivity contribution in [3.63, 3.8) is 0 Å². The highest BCUT2D eigenvalue weighted by Crippen LogP contribution is 2.28. The van der Waals surface area contributed by atoms with Crippen LogP contribution >= 0.6 is 0 Å². The lowest BCUT2D eigenvalue weighted by Crippen LogP contribution is -2.42. The van der Waals surface area contributed by atoms with Gasteiger partial charge in [-0.3, -0.25) is 4.90 Å². The highest BCUT2D eigenvalue weighted by atomic mass is 16.5. The Labute approximate surface area is 137 Å². The molecule has 0 unspecified atom stereocenters. The van der Waals surface area contributed by atoms with Crippen molar-refractivity contribution in [3.8, 4) is 11.4 Å². The van der Waals surface area contributed by atoms with Crippen molar-refractivity contribution in [2.45, 2.75) is 38.3 Å². The molecule has 1 saturated carbocycles. The number of piperidine rings is 1. The van der Waals surface area contributed by atoms with Crippen LogP contribution in [0, 0.1) is 5.92 Å². The maximum Gasteiger partial charge on any atom is 0.241 e. The number of rotatable bonds is 6. The van der Waals surface area contributed by atoms with Crippen LogP contribution in [0.4, 0.5) is 0 Å². The van der Waals surface area contributed by atoms with Crippen LogP contribution in [0.2, 0.25) is 0 Å². The average Bonchev–Trinajstić information content (AvgIpc) is 3.32. The topological polar surface area (TPSA) is 54.2 Å². The molecule has 1 aliphatic carbocycles. The van der Waals surface area contributed by atoms with E-state index in [2.05, 4.69) is 20.4 Å². The van der Waals surface area contributed by atoms with Gasteiger partial charge in [0.2, 0.25) is 11.7 Å². The van der Waals surface area contributed by atoms with Crippen molar-refractivity contribution in [2.24, 2.45) is 5.92 Å². The van der Waals surface area contributed by atoms with Gasteiger partial charge in [0.1, 0.15) is 0 Å². The molecule has 5 heteroatoms. The number of hydrogen-bond donors (Lipinski definition) is 1. The Balaban J connectivity index is 1.27. The lowest BCUT2D eigenvalue weighted by molar-refractivity contribution is 0.170. The highest BCUT2D eigenvalue weighted by Gasteiger charge is 2.25. The van der Waals surface area contributed by atoms with E-state index in [4.69, 9.17) is 4.52 Å². The van der Waals surface area contributed by atoms with E-state index < -0.39 is 0 Å². The lowest BCUT2D eigenvalue weighted by atomic mass is 10.0. The molecule has 122 valence electrons. The summed E-state index contributed by atoms with van der Waals surface area (Å²) in [6.07, 6.45) is 5.28. The fourth-order valence-electron chi connectivity index (χ4n) is 3.17. The quantitative estimate of drug-likeness (QED) is 0.889. The minimum Gasteiger partial charge on any atom is -0.338 e. The first-order valence-electron chi connectivity index (χ1n) is 8.70. The van der Waals surface area contributed by atoms with Gasteiger partial charge in [-0.25, -0.2) is 0 Å². The van der Waals surface area contributed by atoms with Gasteiger partial charge < -0.3 is 9.84 Å². The third-order valence-corrected chi connectivity index (χ3v) is 4.84. The van der Waals surface area contributed by atoms with E-state index in [1.54, 1.807) is 0 Å². The van der Waals surface area contributed by atoms with Crippen molar-refractivity contribution in [1.82, 2.24) is 20.4 Å². The Morgan fingerprint density at radius 2 is 1.87 bits per heavy atom. The molecule has 1 aromatic heterocycles. The minimum atomic E-state index is 0.682. The monoisotopic (exact) mass is 312 g/mol. The number of nitrogens with zero attached hydrogens (tertiary/aromatic N) is 3. The van der Waals surface area contributed by atoms with Gasteiger partial charge in [0, 0.05) is 24.7 Å². The Bertz CT molecular complexity index is 615. The van der Waals surface area contributed by atoms with Crippen LogP contribution < -0.4 is 5.32 Å². The first-order valence-corrected chi connectivity index (χ1v) is 8.70. The Hall–Kier alpha value is -1.72. The normalized spacial score (nSPS) is 20.0.